The average Bonchev–Trinajstić information content (AvgIpc) is 3.17. The highest BCUT2D eigenvalue weighted by molar-refractivity contribution is 6.03. The van der Waals surface area contributed by atoms with Crippen LogP contribution in [0.25, 0.3) is 0 Å². The van der Waals surface area contributed by atoms with E-state index in [4.69, 9.17) is 4.52 Å². The minimum absolute atomic E-state index is 0.281. The predicted octanol–water partition coefficient (Wildman–Crippen LogP) is 3.74. The molecule has 0 aliphatic rings. The second kappa shape index (κ2) is 7.34. The minimum atomic E-state index is -0.281. The number of hydrogen-bond acceptors (Lipinski definition) is 4. The van der Waals surface area contributed by atoms with Gasteiger partial charge in [-0.15, -0.1) is 0 Å². The van der Waals surface area contributed by atoms with Crippen LogP contribution < -0.4 is 5.32 Å². The lowest BCUT2D eigenvalue weighted by atomic mass is 10.2. The van der Waals surface area contributed by atoms with Crippen LogP contribution in [0.15, 0.2) is 40.9 Å². The molecule has 0 bridgehead atoms. The fourth-order valence-corrected chi connectivity index (χ4v) is 2.75. The van der Waals surface area contributed by atoms with Crippen molar-refractivity contribution in [1.29, 1.82) is 0 Å². The fourth-order valence-electron chi connectivity index (χ4n) is 2.75. The van der Waals surface area contributed by atoms with Crippen LogP contribution in [0.1, 0.15) is 46.5 Å². The number of nitrogens with one attached hydrogen (secondary N) is 1. The molecule has 6 nitrogen and oxygen atoms in total. The molecule has 0 unspecified atom stereocenters. The topological polar surface area (TPSA) is 73.0 Å². The van der Waals surface area contributed by atoms with Gasteiger partial charge in [-0.25, -0.2) is 0 Å². The molecule has 0 aliphatic carbocycles. The van der Waals surface area contributed by atoms with E-state index in [1.807, 2.05) is 36.7 Å². The molecule has 2 heterocycles. The molecule has 1 aromatic carbocycles. The number of carbonyl (C=O) groups excluding carboxylic acids is 1. The number of rotatable bonds is 6. The van der Waals surface area contributed by atoms with Gasteiger partial charge >= 0.3 is 0 Å². The summed E-state index contributed by atoms with van der Waals surface area (Å²) in [7, 11) is 0. The Hall–Kier alpha value is -2.89. The first-order valence-electron chi connectivity index (χ1n) is 8.43. The van der Waals surface area contributed by atoms with Gasteiger partial charge in [0, 0.05) is 12.5 Å². The lowest BCUT2D eigenvalue weighted by Gasteiger charge is -2.06. The summed E-state index contributed by atoms with van der Waals surface area (Å²) in [6.45, 7) is 6.55. The maximum absolute atomic E-state index is 12.4. The molecule has 25 heavy (non-hydrogen) atoms. The zero-order valence-corrected chi connectivity index (χ0v) is 14.7. The molecule has 2 aromatic heterocycles. The summed E-state index contributed by atoms with van der Waals surface area (Å²) < 4.78 is 7.07. The molecule has 0 fully saturated rings. The van der Waals surface area contributed by atoms with Crippen LogP contribution in [-0.2, 0) is 13.0 Å². The van der Waals surface area contributed by atoms with Gasteiger partial charge in [0.05, 0.1) is 23.6 Å². The molecule has 130 valence electrons. The highest BCUT2D eigenvalue weighted by atomic mass is 16.5. The number of carbonyl (C=O) groups is 1. The molecule has 0 saturated carbocycles. The summed E-state index contributed by atoms with van der Waals surface area (Å²) in [6.07, 6.45) is 1.72. The zero-order valence-electron chi connectivity index (χ0n) is 14.7. The number of aromatic nitrogens is 3. The molecule has 3 rings (SSSR count). The van der Waals surface area contributed by atoms with Crippen LogP contribution in [0.2, 0.25) is 0 Å². The number of hydrogen-bond donors (Lipinski definition) is 1. The molecular weight excluding hydrogens is 316 g/mol. The van der Waals surface area contributed by atoms with Crippen LogP contribution in [-0.4, -0.2) is 20.8 Å². The standard InChI is InChI=1S/C19H22N4O2/c1-4-8-16-11-17(22-25-16)19(24)20-18-13(2)21-23(14(18)3)12-15-9-6-5-7-10-15/h5-7,9-11H,4,8,12H2,1-3H3,(H,20,24). The van der Waals surface area contributed by atoms with Crippen molar-refractivity contribution in [1.82, 2.24) is 14.9 Å². The first-order valence-corrected chi connectivity index (χ1v) is 8.43. The Morgan fingerprint density at radius 2 is 2.00 bits per heavy atom. The molecule has 1 N–H and O–H groups in total. The van der Waals surface area contributed by atoms with Crippen LogP contribution in [0.3, 0.4) is 0 Å². The molecule has 0 aliphatic heterocycles. The number of amides is 1. The van der Waals surface area contributed by atoms with Gasteiger partial charge in [-0.3, -0.25) is 9.48 Å². The van der Waals surface area contributed by atoms with E-state index in [1.165, 1.54) is 0 Å². The third-order valence-electron chi connectivity index (χ3n) is 4.08. The molecule has 0 spiro atoms. The third-order valence-corrected chi connectivity index (χ3v) is 4.08. The van der Waals surface area contributed by atoms with Crippen molar-refractivity contribution in [3.63, 3.8) is 0 Å². The third kappa shape index (κ3) is 3.79. The highest BCUT2D eigenvalue weighted by Crippen LogP contribution is 2.21. The molecule has 1 amide bonds. The largest absolute Gasteiger partial charge is 0.361 e. The average molecular weight is 338 g/mol. The van der Waals surface area contributed by atoms with E-state index >= 15 is 0 Å². The van der Waals surface area contributed by atoms with E-state index in [-0.39, 0.29) is 11.6 Å². The highest BCUT2D eigenvalue weighted by Gasteiger charge is 2.18. The van der Waals surface area contributed by atoms with Crippen LogP contribution in [0, 0.1) is 13.8 Å². The normalized spacial score (nSPS) is 10.8. The Bertz CT molecular complexity index is 865. The number of nitrogens with zero attached hydrogens (tertiary/aromatic N) is 3. The van der Waals surface area contributed by atoms with E-state index < -0.39 is 0 Å². The Kier molecular flexibility index (Phi) is 4.97. The molecule has 0 radical (unpaired) electrons. The van der Waals surface area contributed by atoms with Crippen LogP contribution >= 0.6 is 0 Å². The zero-order chi connectivity index (χ0) is 17.8. The van der Waals surface area contributed by atoms with Gasteiger partial charge in [-0.1, -0.05) is 42.4 Å². The van der Waals surface area contributed by atoms with E-state index in [0.717, 1.165) is 41.2 Å². The van der Waals surface area contributed by atoms with Crippen LogP contribution in [0.5, 0.6) is 0 Å². The predicted molar refractivity (Wildman–Crippen MR) is 95.7 cm³/mol. The second-order valence-electron chi connectivity index (χ2n) is 6.07. The SMILES string of the molecule is CCCc1cc(C(=O)Nc2c(C)nn(Cc3ccccc3)c2C)no1. The molecule has 3 aromatic rings. The summed E-state index contributed by atoms with van der Waals surface area (Å²) in [5, 5.41) is 11.3. The number of aryl methyl sites for hydroxylation is 2. The van der Waals surface area contributed by atoms with Gasteiger partial charge in [0.25, 0.3) is 5.91 Å². The smallest absolute Gasteiger partial charge is 0.277 e. The van der Waals surface area contributed by atoms with Crippen molar-refractivity contribution >= 4 is 11.6 Å². The van der Waals surface area contributed by atoms with Crippen molar-refractivity contribution in [3.05, 3.63) is 64.8 Å². The Morgan fingerprint density at radius 3 is 2.72 bits per heavy atom. The quantitative estimate of drug-likeness (QED) is 0.743. The minimum Gasteiger partial charge on any atom is -0.361 e. The van der Waals surface area contributed by atoms with Gasteiger partial charge in [0.1, 0.15) is 5.76 Å². The number of benzene rings is 1. The molecule has 0 saturated heterocycles. The summed E-state index contributed by atoms with van der Waals surface area (Å²) >= 11 is 0. The van der Waals surface area contributed by atoms with Crippen molar-refractivity contribution in [2.45, 2.75) is 40.2 Å². The first-order chi connectivity index (χ1) is 12.1. The van der Waals surface area contributed by atoms with Gasteiger partial charge in [-0.2, -0.15) is 5.10 Å². The van der Waals surface area contributed by atoms with Crippen LogP contribution in [0.4, 0.5) is 5.69 Å². The Morgan fingerprint density at radius 1 is 1.24 bits per heavy atom. The summed E-state index contributed by atoms with van der Waals surface area (Å²) in [5.74, 6) is 0.442. The lowest BCUT2D eigenvalue weighted by molar-refractivity contribution is 0.101. The second-order valence-corrected chi connectivity index (χ2v) is 6.07. The van der Waals surface area contributed by atoms with E-state index in [2.05, 4.69) is 34.6 Å². The van der Waals surface area contributed by atoms with Crippen molar-refractivity contribution < 1.29 is 9.32 Å². The van der Waals surface area contributed by atoms with E-state index in [1.54, 1.807) is 6.07 Å². The van der Waals surface area contributed by atoms with E-state index in [0.29, 0.717) is 6.54 Å². The van der Waals surface area contributed by atoms with E-state index in [9.17, 15) is 4.79 Å². The lowest BCUT2D eigenvalue weighted by Crippen LogP contribution is -2.13. The maximum atomic E-state index is 12.4. The van der Waals surface area contributed by atoms with Crippen molar-refractivity contribution in [2.24, 2.45) is 0 Å². The Labute approximate surface area is 146 Å². The monoisotopic (exact) mass is 338 g/mol. The summed E-state index contributed by atoms with van der Waals surface area (Å²) in [5.41, 5.74) is 3.86. The van der Waals surface area contributed by atoms with Gasteiger partial charge in [-0.05, 0) is 25.8 Å². The Balaban J connectivity index is 1.77. The molecular formula is C19H22N4O2. The number of anilines is 1. The van der Waals surface area contributed by atoms with Crippen molar-refractivity contribution in [3.8, 4) is 0 Å². The maximum Gasteiger partial charge on any atom is 0.277 e. The first kappa shape index (κ1) is 17.0. The fraction of sp³-hybridized carbons (Fsp3) is 0.316. The van der Waals surface area contributed by atoms with Gasteiger partial charge < -0.3 is 9.84 Å². The van der Waals surface area contributed by atoms with Crippen molar-refractivity contribution in [2.75, 3.05) is 5.32 Å². The molecule has 0 atom stereocenters. The summed E-state index contributed by atoms with van der Waals surface area (Å²) in [4.78, 5) is 12.4. The summed E-state index contributed by atoms with van der Waals surface area (Å²) in [6, 6.07) is 11.8. The van der Waals surface area contributed by atoms with Gasteiger partial charge in [0.2, 0.25) is 0 Å². The molecule has 6 heteroatoms. The van der Waals surface area contributed by atoms with Gasteiger partial charge in [0.15, 0.2) is 5.69 Å².